The van der Waals surface area contributed by atoms with Crippen LogP contribution in [0.2, 0.25) is 0 Å². The fourth-order valence-electron chi connectivity index (χ4n) is 4.20. The number of hydrogen-bond acceptors (Lipinski definition) is 10. The number of halogens is 2. The van der Waals surface area contributed by atoms with E-state index in [1.807, 2.05) is 24.3 Å². The Morgan fingerprint density at radius 3 is 2.36 bits per heavy atom. The lowest BCUT2D eigenvalue weighted by Crippen LogP contribution is -2.23. The predicted molar refractivity (Wildman–Crippen MR) is 146 cm³/mol. The second-order valence-corrected chi connectivity index (χ2v) is 13.3. The van der Waals surface area contributed by atoms with E-state index in [9.17, 15) is 9.70 Å². The van der Waals surface area contributed by atoms with Gasteiger partial charge in [0.1, 0.15) is 22.1 Å². The highest BCUT2D eigenvalue weighted by molar-refractivity contribution is 9.11. The Hall–Kier alpha value is -1.45. The highest BCUT2D eigenvalue weighted by Gasteiger charge is 2.53. The molecular weight excluding hydrogens is 654 g/mol. The van der Waals surface area contributed by atoms with Gasteiger partial charge in [-0.2, -0.15) is 8.75 Å². The molecule has 8 nitrogen and oxygen atoms in total. The Labute approximate surface area is 236 Å². The molecule has 13 heteroatoms. The van der Waals surface area contributed by atoms with Gasteiger partial charge in [0.2, 0.25) is 0 Å². The maximum atomic E-state index is 14.0. The fraction of sp³-hybridized carbons (Fsp3) is 0.348. The lowest BCUT2D eigenvalue weighted by molar-refractivity contribution is -0.397. The van der Waals surface area contributed by atoms with Crippen molar-refractivity contribution in [3.05, 3.63) is 69.2 Å². The first-order chi connectivity index (χ1) is 17.5. The summed E-state index contributed by atoms with van der Waals surface area (Å²) in [5.74, 6) is -0.731. The number of ketones is 1. The molecule has 1 atom stereocenters. The summed E-state index contributed by atoms with van der Waals surface area (Å²) in [5, 5.41) is 0. The summed E-state index contributed by atoms with van der Waals surface area (Å²) < 4.78 is 27.9. The second-order valence-electron chi connectivity index (χ2n) is 7.85. The Bertz CT molecular complexity index is 1380. The maximum absolute atomic E-state index is 14.0. The molecule has 1 unspecified atom stereocenters. The van der Waals surface area contributed by atoms with Crippen molar-refractivity contribution in [2.24, 2.45) is 0 Å². The quantitative estimate of drug-likeness (QED) is 0.185. The maximum Gasteiger partial charge on any atom is 0.290 e. The third-order valence-corrected chi connectivity index (χ3v) is 9.59. The van der Waals surface area contributed by atoms with Gasteiger partial charge in [-0.3, -0.25) is 4.79 Å². The van der Waals surface area contributed by atoms with Crippen molar-refractivity contribution >= 4 is 83.3 Å². The molecule has 0 fully saturated rings. The Morgan fingerprint density at radius 1 is 0.944 bits per heavy atom. The Morgan fingerprint density at radius 2 is 1.67 bits per heavy atom. The van der Waals surface area contributed by atoms with Crippen molar-refractivity contribution in [3.8, 4) is 0 Å². The molecule has 0 N–H and O–H groups in total. The molecule has 0 saturated carbocycles. The smallest absolute Gasteiger partial charge is 0.290 e. The number of nitrogens with zero attached hydrogens (tertiary/aromatic N) is 3. The van der Waals surface area contributed by atoms with Crippen LogP contribution in [0, 0.1) is 4.91 Å². The number of aromatic nitrogens is 2. The summed E-state index contributed by atoms with van der Waals surface area (Å²) in [5.41, 5.74) is 3.02. The molecule has 1 aliphatic heterocycles. The summed E-state index contributed by atoms with van der Waals surface area (Å²) >= 11 is 11.0. The van der Waals surface area contributed by atoms with Gasteiger partial charge in [0.25, 0.3) is 11.4 Å². The summed E-state index contributed by atoms with van der Waals surface area (Å²) in [6.07, 6.45) is 0.288. The molecule has 3 aromatic rings. The summed E-state index contributed by atoms with van der Waals surface area (Å²) in [6.45, 7) is 2.11. The molecular formula is C23H20Br2N3O5S3+. The van der Waals surface area contributed by atoms with Crippen molar-refractivity contribution < 1.29 is 23.8 Å². The van der Waals surface area contributed by atoms with Gasteiger partial charge in [-0.1, -0.05) is 0 Å². The summed E-state index contributed by atoms with van der Waals surface area (Å²) in [6, 6.07) is 7.60. The molecule has 0 bridgehead atoms. The number of ether oxygens (including phenoxy) is 3. The van der Waals surface area contributed by atoms with Gasteiger partial charge in [-0.05, 0) is 56.1 Å². The molecule has 0 aromatic carbocycles. The lowest BCUT2D eigenvalue weighted by Gasteiger charge is -2.19. The Balaban J connectivity index is 1.49. The van der Waals surface area contributed by atoms with Crippen molar-refractivity contribution in [2.45, 2.75) is 12.3 Å². The van der Waals surface area contributed by atoms with Gasteiger partial charge in [-0.15, -0.1) is 22.7 Å². The zero-order valence-corrected chi connectivity index (χ0v) is 24.6. The number of allylic oxidation sites excluding steroid dienone is 2. The molecule has 4 heterocycles. The zero-order chi connectivity index (χ0) is 25.2. The number of methoxy groups -OCH3 is 1. The van der Waals surface area contributed by atoms with E-state index in [-0.39, 0.29) is 18.8 Å². The second kappa shape index (κ2) is 11.5. The summed E-state index contributed by atoms with van der Waals surface area (Å²) in [7, 11) is 1.62. The van der Waals surface area contributed by atoms with Crippen LogP contribution in [0.15, 0.2) is 43.1 Å². The number of thiophene rings is 2. The zero-order valence-electron chi connectivity index (χ0n) is 19.0. The largest absolute Gasteiger partial charge is 0.382 e. The molecule has 2 aliphatic rings. The lowest BCUT2D eigenvalue weighted by atomic mass is 9.80. The van der Waals surface area contributed by atoms with Crippen LogP contribution < -0.4 is 0 Å². The minimum atomic E-state index is -0.596. The van der Waals surface area contributed by atoms with Crippen LogP contribution in [-0.4, -0.2) is 59.4 Å². The molecule has 36 heavy (non-hydrogen) atoms. The average molecular weight is 674 g/mol. The van der Waals surface area contributed by atoms with E-state index in [4.69, 9.17) is 14.2 Å². The predicted octanol–water partition coefficient (Wildman–Crippen LogP) is 5.89. The normalized spacial score (nSPS) is 17.4. The van der Waals surface area contributed by atoms with Gasteiger partial charge >= 0.3 is 0 Å². The van der Waals surface area contributed by atoms with Gasteiger partial charge in [0.15, 0.2) is 5.78 Å². The average Bonchev–Trinajstić information content (AvgIpc) is 3.64. The molecule has 0 radical (unpaired) electrons. The number of carbonyl (C=O) groups excluding carboxylic acids is 1. The van der Waals surface area contributed by atoms with Gasteiger partial charge in [0, 0.05) is 16.9 Å². The highest BCUT2D eigenvalue weighted by Crippen LogP contribution is 2.52. The Kier molecular flexibility index (Phi) is 8.37. The number of nitroso groups, excluding NO2 is 1. The monoisotopic (exact) mass is 672 g/mol. The van der Waals surface area contributed by atoms with E-state index in [0.29, 0.717) is 60.4 Å². The van der Waals surface area contributed by atoms with Crippen LogP contribution in [0.1, 0.15) is 33.5 Å². The SMILES string of the molecule is COCCOCCOCCC1=C2C(=O)C(c3ccc(Br)s3)c3nsnc3C2=C(c2ccc(Br)s2)[N+]1=O. The number of fused-ring (bicyclic) bond motifs is 3. The minimum Gasteiger partial charge on any atom is -0.382 e. The van der Waals surface area contributed by atoms with E-state index in [2.05, 4.69) is 40.6 Å². The first kappa shape index (κ1) is 26.2. The van der Waals surface area contributed by atoms with Gasteiger partial charge in [-0.25, -0.2) is 0 Å². The van der Waals surface area contributed by atoms with E-state index in [1.54, 1.807) is 7.11 Å². The molecule has 5 rings (SSSR count). The number of rotatable bonds is 11. The number of carbonyl (C=O) groups is 1. The molecule has 0 amide bonds. The van der Waals surface area contributed by atoms with E-state index in [1.165, 1.54) is 22.7 Å². The van der Waals surface area contributed by atoms with Crippen LogP contribution >= 0.6 is 66.3 Å². The van der Waals surface area contributed by atoms with E-state index in [0.717, 1.165) is 33.8 Å². The van der Waals surface area contributed by atoms with E-state index < -0.39 is 5.92 Å². The standard InChI is InChI=1S/C23H20Br2N3O5S3/c1-31-8-9-33-11-10-32-7-6-12-17-19(22(28(12)30)14-3-5-16(25)35-14)21-20(26-36-27-21)18(23(17)29)13-2-4-15(24)34-13/h2-5,18H,6-11H2,1H3/q+1. The van der Waals surface area contributed by atoms with Crippen LogP contribution in [0.4, 0.5) is 0 Å². The number of Topliss-reactive ketones (excluding diaryl/α,β-unsaturated/α-hetero) is 1. The molecule has 188 valence electrons. The van der Waals surface area contributed by atoms with Crippen molar-refractivity contribution in [1.29, 1.82) is 0 Å². The highest BCUT2D eigenvalue weighted by atomic mass is 79.9. The van der Waals surface area contributed by atoms with E-state index >= 15 is 0 Å². The molecule has 3 aromatic heterocycles. The van der Waals surface area contributed by atoms with Crippen LogP contribution in [0.25, 0.3) is 11.3 Å². The van der Waals surface area contributed by atoms with Crippen LogP contribution in [0.3, 0.4) is 0 Å². The molecule has 1 aliphatic carbocycles. The third kappa shape index (κ3) is 4.99. The van der Waals surface area contributed by atoms with Crippen LogP contribution in [-0.2, 0) is 19.0 Å². The fourth-order valence-corrected chi connectivity index (χ4v) is 7.73. The molecule has 0 saturated heterocycles. The van der Waals surface area contributed by atoms with Gasteiger partial charge < -0.3 is 14.2 Å². The van der Waals surface area contributed by atoms with Gasteiger partial charge in [0.05, 0.1) is 74.8 Å². The summed E-state index contributed by atoms with van der Waals surface area (Å²) in [4.78, 5) is 29.4. The first-order valence-corrected chi connectivity index (χ1v) is 14.9. The molecule has 0 spiro atoms. The van der Waals surface area contributed by atoms with Crippen molar-refractivity contribution in [3.63, 3.8) is 0 Å². The first-order valence-electron chi connectivity index (χ1n) is 11.0. The van der Waals surface area contributed by atoms with Crippen molar-refractivity contribution in [1.82, 2.24) is 8.75 Å². The third-order valence-electron chi connectivity index (χ3n) is 5.73. The topological polar surface area (TPSA) is 90.6 Å². The van der Waals surface area contributed by atoms with Crippen LogP contribution in [0.5, 0.6) is 0 Å². The minimum absolute atomic E-state index is 0.135. The number of hydrogen-bond donors (Lipinski definition) is 0. The van der Waals surface area contributed by atoms with Crippen molar-refractivity contribution in [2.75, 3.05) is 40.1 Å².